The van der Waals surface area contributed by atoms with Crippen LogP contribution in [-0.2, 0) is 17.5 Å². The van der Waals surface area contributed by atoms with Crippen LogP contribution in [0.5, 0.6) is 5.75 Å². The Hall–Kier alpha value is -2.29. The normalized spacial score (nSPS) is 23.2. The summed E-state index contributed by atoms with van der Waals surface area (Å²) in [5.74, 6) is -1.68. The molecule has 0 aromatic heterocycles. The maximum Gasteiger partial charge on any atom is 0.420 e. The number of ether oxygens (including phenoxy) is 1. The number of halogens is 6. The van der Waals surface area contributed by atoms with Crippen molar-refractivity contribution in [2.75, 3.05) is 13.1 Å². The Labute approximate surface area is 194 Å². The summed E-state index contributed by atoms with van der Waals surface area (Å²) < 4.78 is 86.4. The lowest BCUT2D eigenvalue weighted by Crippen LogP contribution is -2.33. The van der Waals surface area contributed by atoms with Gasteiger partial charge < -0.3 is 9.53 Å². The van der Waals surface area contributed by atoms with Gasteiger partial charge in [-0.1, -0.05) is 18.2 Å². The van der Waals surface area contributed by atoms with Crippen LogP contribution in [-0.4, -0.2) is 36.6 Å². The number of benzene rings is 2. The van der Waals surface area contributed by atoms with Crippen molar-refractivity contribution in [3.05, 3.63) is 41.5 Å². The molecular weight excluding hydrogens is 460 g/mol. The van der Waals surface area contributed by atoms with Crippen LogP contribution >= 0.6 is 0 Å². The molecule has 186 valence electrons. The molecule has 0 spiro atoms. The molecule has 9 heteroatoms. The highest BCUT2D eigenvalue weighted by Crippen LogP contribution is 2.44. The second kappa shape index (κ2) is 9.76. The van der Waals surface area contributed by atoms with Gasteiger partial charge in [0.1, 0.15) is 17.6 Å². The minimum Gasteiger partial charge on any atom is -0.490 e. The Bertz CT molecular complexity index is 1000. The number of alkyl halides is 6. The monoisotopic (exact) mass is 487 g/mol. The van der Waals surface area contributed by atoms with Gasteiger partial charge in [-0.2, -0.15) is 26.3 Å². The SMILES string of the molecule is O=CC1CCN(Cc2ccc3c(C(F)(F)F)c(OC4CCC(C(F)(F)F)CC4)ccc3c2)CC1. The number of hydrogen-bond donors (Lipinski definition) is 0. The molecule has 1 saturated carbocycles. The molecular formula is C25H27F6NO2. The van der Waals surface area contributed by atoms with Crippen molar-refractivity contribution in [3.63, 3.8) is 0 Å². The van der Waals surface area contributed by atoms with Gasteiger partial charge in [0.2, 0.25) is 0 Å². The van der Waals surface area contributed by atoms with E-state index in [-0.39, 0.29) is 42.7 Å². The number of nitrogens with zero attached hydrogens (tertiary/aromatic N) is 1. The molecule has 1 aliphatic heterocycles. The summed E-state index contributed by atoms with van der Waals surface area (Å²) in [7, 11) is 0. The standard InChI is InChI=1S/C25H27F6NO2/c26-24(27,28)19-3-5-20(6-4-19)34-22-8-2-18-13-17(1-7-21(18)23(22)25(29,30)31)14-32-11-9-16(15-33)10-12-32/h1-2,7-8,13,15-16,19-20H,3-6,9-12,14H2. The number of fused-ring (bicyclic) bond motifs is 1. The number of rotatable bonds is 5. The van der Waals surface area contributed by atoms with E-state index in [2.05, 4.69) is 4.90 Å². The third-order valence-corrected chi connectivity index (χ3v) is 6.99. The van der Waals surface area contributed by atoms with E-state index in [1.165, 1.54) is 12.1 Å². The van der Waals surface area contributed by atoms with Crippen molar-refractivity contribution in [2.24, 2.45) is 11.8 Å². The first kappa shape index (κ1) is 24.8. The van der Waals surface area contributed by atoms with Crippen molar-refractivity contribution >= 4 is 17.1 Å². The summed E-state index contributed by atoms with van der Waals surface area (Å²) in [6.07, 6.45) is -7.24. The number of carbonyl (C=O) groups excluding carboxylic acids is 1. The van der Waals surface area contributed by atoms with Crippen LogP contribution in [0.2, 0.25) is 0 Å². The fourth-order valence-corrected chi connectivity index (χ4v) is 5.04. The molecule has 4 rings (SSSR count). The van der Waals surface area contributed by atoms with E-state index in [0.29, 0.717) is 11.9 Å². The summed E-state index contributed by atoms with van der Waals surface area (Å²) in [6.45, 7) is 2.11. The maximum atomic E-state index is 14.0. The Morgan fingerprint density at radius 3 is 2.18 bits per heavy atom. The lowest BCUT2D eigenvalue weighted by atomic mass is 9.87. The molecule has 2 aliphatic rings. The van der Waals surface area contributed by atoms with Gasteiger partial charge in [0.25, 0.3) is 0 Å². The summed E-state index contributed by atoms with van der Waals surface area (Å²) in [4.78, 5) is 13.1. The Kier molecular flexibility index (Phi) is 7.12. The van der Waals surface area contributed by atoms with Crippen LogP contribution in [0, 0.1) is 11.8 Å². The number of hydrogen-bond acceptors (Lipinski definition) is 3. The predicted molar refractivity (Wildman–Crippen MR) is 115 cm³/mol. The summed E-state index contributed by atoms with van der Waals surface area (Å²) in [6, 6.07) is 7.69. The second-order valence-corrected chi connectivity index (χ2v) is 9.37. The minimum absolute atomic E-state index is 0.0115. The lowest BCUT2D eigenvalue weighted by Gasteiger charge is -2.31. The highest BCUT2D eigenvalue weighted by molar-refractivity contribution is 5.89. The molecule has 0 unspecified atom stereocenters. The fraction of sp³-hybridized carbons (Fsp3) is 0.560. The Morgan fingerprint density at radius 2 is 1.59 bits per heavy atom. The number of likely N-dealkylation sites (tertiary alicyclic amines) is 1. The number of piperidine rings is 1. The topological polar surface area (TPSA) is 29.5 Å². The van der Waals surface area contributed by atoms with Gasteiger partial charge in [-0.05, 0) is 80.1 Å². The average molecular weight is 487 g/mol. The maximum absolute atomic E-state index is 14.0. The van der Waals surface area contributed by atoms with Crippen molar-refractivity contribution in [1.29, 1.82) is 0 Å². The van der Waals surface area contributed by atoms with Crippen molar-refractivity contribution in [3.8, 4) is 5.75 Å². The molecule has 0 bridgehead atoms. The van der Waals surface area contributed by atoms with E-state index in [1.807, 2.05) is 0 Å². The van der Waals surface area contributed by atoms with E-state index in [1.54, 1.807) is 18.2 Å². The third kappa shape index (κ3) is 5.67. The minimum atomic E-state index is -4.67. The molecule has 0 atom stereocenters. The van der Waals surface area contributed by atoms with Gasteiger partial charge in [0, 0.05) is 12.5 Å². The molecule has 0 N–H and O–H groups in total. The van der Waals surface area contributed by atoms with Crippen LogP contribution in [0.3, 0.4) is 0 Å². The zero-order valence-electron chi connectivity index (χ0n) is 18.6. The fourth-order valence-electron chi connectivity index (χ4n) is 5.04. The zero-order chi connectivity index (χ0) is 24.5. The molecule has 3 nitrogen and oxygen atoms in total. The van der Waals surface area contributed by atoms with E-state index < -0.39 is 29.9 Å². The summed E-state index contributed by atoms with van der Waals surface area (Å²) >= 11 is 0. The molecule has 1 heterocycles. The van der Waals surface area contributed by atoms with Gasteiger partial charge in [0.05, 0.1) is 12.0 Å². The summed E-state index contributed by atoms with van der Waals surface area (Å²) in [5, 5.41) is 0.443. The number of carbonyl (C=O) groups is 1. The van der Waals surface area contributed by atoms with Crippen LogP contribution < -0.4 is 4.74 Å². The van der Waals surface area contributed by atoms with E-state index in [0.717, 1.165) is 37.8 Å². The molecule has 0 radical (unpaired) electrons. The second-order valence-electron chi connectivity index (χ2n) is 9.37. The Balaban J connectivity index is 1.52. The van der Waals surface area contributed by atoms with E-state index in [4.69, 9.17) is 4.74 Å². The quantitative estimate of drug-likeness (QED) is 0.344. The molecule has 1 saturated heterocycles. The van der Waals surface area contributed by atoms with Crippen LogP contribution in [0.1, 0.15) is 49.7 Å². The van der Waals surface area contributed by atoms with E-state index in [9.17, 15) is 31.1 Å². The van der Waals surface area contributed by atoms with Crippen LogP contribution in [0.25, 0.3) is 10.8 Å². The van der Waals surface area contributed by atoms with Gasteiger partial charge >= 0.3 is 12.4 Å². The third-order valence-electron chi connectivity index (χ3n) is 6.99. The largest absolute Gasteiger partial charge is 0.490 e. The highest BCUT2D eigenvalue weighted by atomic mass is 19.4. The van der Waals surface area contributed by atoms with Crippen LogP contribution in [0.15, 0.2) is 30.3 Å². The predicted octanol–water partition coefficient (Wildman–Crippen LogP) is 6.77. The average Bonchev–Trinajstić information content (AvgIpc) is 2.78. The number of aldehydes is 1. The van der Waals surface area contributed by atoms with Gasteiger partial charge in [-0.25, -0.2) is 0 Å². The zero-order valence-corrected chi connectivity index (χ0v) is 18.6. The van der Waals surface area contributed by atoms with Crippen molar-refractivity contribution in [1.82, 2.24) is 4.90 Å². The van der Waals surface area contributed by atoms with Gasteiger partial charge in [0.15, 0.2) is 0 Å². The van der Waals surface area contributed by atoms with Crippen molar-refractivity contribution < 1.29 is 35.9 Å². The molecule has 2 aromatic rings. The highest BCUT2D eigenvalue weighted by Gasteiger charge is 2.42. The molecule has 2 fully saturated rings. The summed E-state index contributed by atoms with van der Waals surface area (Å²) in [5.41, 5.74) is -0.00869. The first-order chi connectivity index (χ1) is 16.0. The molecule has 34 heavy (non-hydrogen) atoms. The lowest BCUT2D eigenvalue weighted by molar-refractivity contribution is -0.185. The van der Waals surface area contributed by atoms with Gasteiger partial charge in [-0.15, -0.1) is 0 Å². The molecule has 0 amide bonds. The van der Waals surface area contributed by atoms with Crippen molar-refractivity contribution in [2.45, 2.75) is 63.5 Å². The molecule has 1 aliphatic carbocycles. The Morgan fingerprint density at radius 1 is 0.912 bits per heavy atom. The van der Waals surface area contributed by atoms with E-state index >= 15 is 0 Å². The van der Waals surface area contributed by atoms with Gasteiger partial charge in [-0.3, -0.25) is 4.90 Å². The van der Waals surface area contributed by atoms with Crippen LogP contribution in [0.4, 0.5) is 26.3 Å². The molecule has 2 aromatic carbocycles. The first-order valence-electron chi connectivity index (χ1n) is 11.6. The smallest absolute Gasteiger partial charge is 0.420 e. The first-order valence-corrected chi connectivity index (χ1v) is 11.6.